The lowest BCUT2D eigenvalue weighted by molar-refractivity contribution is -0.133. The minimum atomic E-state index is -0.597. The molecule has 0 bridgehead atoms. The molecule has 1 aromatic carbocycles. The maximum atomic E-state index is 13.8. The van der Waals surface area contributed by atoms with Crippen molar-refractivity contribution in [1.82, 2.24) is 10.2 Å². The summed E-state index contributed by atoms with van der Waals surface area (Å²) in [5.74, 6) is -0.457. The van der Waals surface area contributed by atoms with Gasteiger partial charge in [-0.2, -0.15) is 0 Å². The maximum Gasteiger partial charge on any atom is 0.223 e. The third-order valence-corrected chi connectivity index (χ3v) is 4.78. The summed E-state index contributed by atoms with van der Waals surface area (Å²) < 4.78 is 27.6. The Morgan fingerprint density at radius 2 is 2.04 bits per heavy atom. The van der Waals surface area contributed by atoms with E-state index in [0.29, 0.717) is 18.9 Å². The predicted octanol–water partition coefficient (Wildman–Crippen LogP) is 3.76. The number of carbonyl (C=O) groups is 1. The average Bonchev–Trinajstić information content (AvgIpc) is 2.55. The molecule has 1 aliphatic heterocycles. The van der Waals surface area contributed by atoms with Crippen LogP contribution in [0.1, 0.15) is 38.7 Å². The Balaban J connectivity index is 0.00000288. The van der Waals surface area contributed by atoms with Crippen LogP contribution in [-0.4, -0.2) is 30.4 Å². The van der Waals surface area contributed by atoms with Crippen LogP contribution in [0.15, 0.2) is 18.2 Å². The lowest BCUT2D eigenvalue weighted by Gasteiger charge is -2.30. The van der Waals surface area contributed by atoms with Crippen molar-refractivity contribution in [3.63, 3.8) is 0 Å². The number of hydrogen-bond acceptors (Lipinski definition) is 2. The zero-order chi connectivity index (χ0) is 16.8. The van der Waals surface area contributed by atoms with Crippen LogP contribution in [0.3, 0.4) is 0 Å². The number of carbonyl (C=O) groups excluding carboxylic acids is 1. The zero-order valence-corrected chi connectivity index (χ0v) is 15.2. The summed E-state index contributed by atoms with van der Waals surface area (Å²) in [4.78, 5) is 14.1. The molecule has 0 aromatic heterocycles. The Morgan fingerprint density at radius 1 is 1.38 bits per heavy atom. The van der Waals surface area contributed by atoms with Crippen molar-refractivity contribution in [1.29, 1.82) is 0 Å². The molecule has 1 aliphatic rings. The molecule has 2 rings (SSSR count). The Kier molecular flexibility index (Phi) is 8.63. The lowest BCUT2D eigenvalue weighted by atomic mass is 9.85. The second kappa shape index (κ2) is 9.94. The van der Waals surface area contributed by atoms with Crippen LogP contribution in [-0.2, 0) is 11.3 Å². The Morgan fingerprint density at radius 3 is 2.58 bits per heavy atom. The molecule has 136 valence electrons. The van der Waals surface area contributed by atoms with Crippen LogP contribution in [0.5, 0.6) is 0 Å². The van der Waals surface area contributed by atoms with Gasteiger partial charge in [0.2, 0.25) is 5.91 Å². The molecule has 1 N–H and O–H groups in total. The Bertz CT molecular complexity index is 516. The SMILES string of the molecule is CCN(Cc1c(F)cccc1F)C(=O)CC(C)C1CCCNC1.Cl. The van der Waals surface area contributed by atoms with Crippen LogP contribution in [0.2, 0.25) is 0 Å². The van der Waals surface area contributed by atoms with Gasteiger partial charge in [-0.25, -0.2) is 8.78 Å². The van der Waals surface area contributed by atoms with E-state index in [-0.39, 0.29) is 36.3 Å². The van der Waals surface area contributed by atoms with Gasteiger partial charge in [0.15, 0.2) is 0 Å². The van der Waals surface area contributed by atoms with Crippen molar-refractivity contribution in [3.05, 3.63) is 35.4 Å². The monoisotopic (exact) mass is 360 g/mol. The van der Waals surface area contributed by atoms with Crippen LogP contribution >= 0.6 is 12.4 Å². The van der Waals surface area contributed by atoms with E-state index in [1.54, 1.807) is 0 Å². The molecule has 0 saturated carbocycles. The molecule has 1 heterocycles. The van der Waals surface area contributed by atoms with Gasteiger partial charge in [0.1, 0.15) is 11.6 Å². The van der Waals surface area contributed by atoms with Crippen LogP contribution in [0, 0.1) is 23.5 Å². The largest absolute Gasteiger partial charge is 0.338 e. The van der Waals surface area contributed by atoms with Crippen molar-refractivity contribution in [3.8, 4) is 0 Å². The highest BCUT2D eigenvalue weighted by atomic mass is 35.5. The van der Waals surface area contributed by atoms with Crippen molar-refractivity contribution < 1.29 is 13.6 Å². The maximum absolute atomic E-state index is 13.8. The molecule has 1 fully saturated rings. The quantitative estimate of drug-likeness (QED) is 0.837. The third kappa shape index (κ3) is 5.42. The predicted molar refractivity (Wildman–Crippen MR) is 94.1 cm³/mol. The summed E-state index contributed by atoms with van der Waals surface area (Å²) in [6.07, 6.45) is 2.70. The highest BCUT2D eigenvalue weighted by Gasteiger charge is 2.24. The molecule has 1 aromatic rings. The second-order valence-corrected chi connectivity index (χ2v) is 6.40. The van der Waals surface area contributed by atoms with Gasteiger partial charge < -0.3 is 10.2 Å². The molecule has 1 saturated heterocycles. The summed E-state index contributed by atoms with van der Waals surface area (Å²) in [6, 6.07) is 3.80. The number of amides is 1. The van der Waals surface area contributed by atoms with Gasteiger partial charge in [0.25, 0.3) is 0 Å². The van der Waals surface area contributed by atoms with Crippen molar-refractivity contribution in [2.24, 2.45) is 11.8 Å². The topological polar surface area (TPSA) is 32.3 Å². The summed E-state index contributed by atoms with van der Waals surface area (Å²) in [5, 5.41) is 3.36. The fourth-order valence-corrected chi connectivity index (χ4v) is 3.19. The molecule has 0 radical (unpaired) electrons. The number of nitrogens with one attached hydrogen (secondary N) is 1. The van der Waals surface area contributed by atoms with E-state index in [9.17, 15) is 13.6 Å². The first kappa shape index (κ1) is 20.8. The third-order valence-electron chi connectivity index (χ3n) is 4.78. The van der Waals surface area contributed by atoms with Gasteiger partial charge in [0.05, 0.1) is 6.54 Å². The summed E-state index contributed by atoms with van der Waals surface area (Å²) in [5.41, 5.74) is -0.0327. The van der Waals surface area contributed by atoms with E-state index in [0.717, 1.165) is 25.9 Å². The molecular weight excluding hydrogens is 334 g/mol. The minimum absolute atomic E-state index is 0. The number of nitrogens with zero attached hydrogens (tertiary/aromatic N) is 1. The molecule has 0 spiro atoms. The number of benzene rings is 1. The highest BCUT2D eigenvalue weighted by molar-refractivity contribution is 5.85. The standard InChI is InChI=1S/C18H26F2N2O.ClH/c1-3-22(12-15-16(19)7-4-8-17(15)20)18(23)10-13(2)14-6-5-9-21-11-14;/h4,7-8,13-14,21H,3,5-6,9-12H2,1-2H3;1H. The van der Waals surface area contributed by atoms with E-state index in [1.165, 1.54) is 23.1 Å². The molecule has 0 aliphatic carbocycles. The van der Waals surface area contributed by atoms with Gasteiger partial charge in [-0.1, -0.05) is 13.0 Å². The van der Waals surface area contributed by atoms with E-state index >= 15 is 0 Å². The first-order valence-corrected chi connectivity index (χ1v) is 8.44. The van der Waals surface area contributed by atoms with Gasteiger partial charge in [-0.15, -0.1) is 12.4 Å². The molecule has 2 unspecified atom stereocenters. The van der Waals surface area contributed by atoms with Crippen molar-refractivity contribution in [2.45, 2.75) is 39.7 Å². The normalized spacial score (nSPS) is 18.6. The fourth-order valence-electron chi connectivity index (χ4n) is 3.19. The van der Waals surface area contributed by atoms with Gasteiger partial charge >= 0.3 is 0 Å². The average molecular weight is 361 g/mol. The van der Waals surface area contributed by atoms with Gasteiger partial charge in [-0.05, 0) is 56.8 Å². The highest BCUT2D eigenvalue weighted by Crippen LogP contribution is 2.24. The van der Waals surface area contributed by atoms with E-state index < -0.39 is 11.6 Å². The van der Waals surface area contributed by atoms with Gasteiger partial charge in [0, 0.05) is 18.5 Å². The van der Waals surface area contributed by atoms with Crippen LogP contribution in [0.4, 0.5) is 8.78 Å². The molecule has 3 nitrogen and oxygen atoms in total. The smallest absolute Gasteiger partial charge is 0.223 e. The number of piperidine rings is 1. The first-order valence-electron chi connectivity index (χ1n) is 8.44. The Hall–Kier alpha value is -1.20. The first-order chi connectivity index (χ1) is 11.0. The number of halogens is 3. The molecular formula is C18H27ClF2N2O. The molecule has 2 atom stereocenters. The van der Waals surface area contributed by atoms with E-state index in [2.05, 4.69) is 12.2 Å². The number of hydrogen-bond donors (Lipinski definition) is 1. The van der Waals surface area contributed by atoms with Crippen LogP contribution in [0.25, 0.3) is 0 Å². The lowest BCUT2D eigenvalue weighted by Crippen LogP contribution is -2.37. The number of rotatable bonds is 6. The Labute approximate surface area is 149 Å². The van der Waals surface area contributed by atoms with E-state index in [1.807, 2.05) is 6.92 Å². The summed E-state index contributed by atoms with van der Waals surface area (Å²) in [6.45, 7) is 6.36. The zero-order valence-electron chi connectivity index (χ0n) is 14.4. The van der Waals surface area contributed by atoms with Crippen molar-refractivity contribution >= 4 is 18.3 Å². The molecule has 1 amide bonds. The van der Waals surface area contributed by atoms with Crippen molar-refractivity contribution in [2.75, 3.05) is 19.6 Å². The molecule has 24 heavy (non-hydrogen) atoms. The summed E-state index contributed by atoms with van der Waals surface area (Å²) in [7, 11) is 0. The van der Waals surface area contributed by atoms with E-state index in [4.69, 9.17) is 0 Å². The molecule has 6 heteroatoms. The second-order valence-electron chi connectivity index (χ2n) is 6.40. The fraction of sp³-hybridized carbons (Fsp3) is 0.611. The summed E-state index contributed by atoms with van der Waals surface area (Å²) >= 11 is 0. The minimum Gasteiger partial charge on any atom is -0.338 e. The van der Waals surface area contributed by atoms with Gasteiger partial charge in [-0.3, -0.25) is 4.79 Å². The van der Waals surface area contributed by atoms with Crippen LogP contribution < -0.4 is 5.32 Å².